The monoisotopic (exact) mass is 264 g/mol. The molecule has 104 valence electrons. The van der Waals surface area contributed by atoms with Crippen molar-refractivity contribution < 1.29 is 9.53 Å². The molecule has 0 fully saturated rings. The number of urea groups is 1. The number of anilines is 1. The Morgan fingerprint density at radius 3 is 2.84 bits per heavy atom. The molecule has 1 unspecified atom stereocenters. The summed E-state index contributed by atoms with van der Waals surface area (Å²) in [6.07, 6.45) is 0.349. The molecular formula is C13H20N4O2. The Labute approximate surface area is 113 Å². The first-order valence-corrected chi connectivity index (χ1v) is 5.94. The maximum atomic E-state index is 12.0. The summed E-state index contributed by atoms with van der Waals surface area (Å²) >= 11 is 0. The molecule has 6 heteroatoms. The van der Waals surface area contributed by atoms with Gasteiger partial charge >= 0.3 is 6.03 Å². The summed E-state index contributed by atoms with van der Waals surface area (Å²) in [6.45, 7) is 1.84. The van der Waals surface area contributed by atoms with E-state index in [1.54, 1.807) is 38.4 Å². The van der Waals surface area contributed by atoms with Crippen molar-refractivity contribution in [2.45, 2.75) is 19.4 Å². The molecule has 0 aliphatic carbocycles. The fraction of sp³-hybridized carbons (Fsp3) is 0.385. The van der Waals surface area contributed by atoms with Crippen molar-refractivity contribution in [1.82, 2.24) is 4.90 Å². The second-order valence-corrected chi connectivity index (χ2v) is 4.35. The summed E-state index contributed by atoms with van der Waals surface area (Å²) in [4.78, 5) is 13.5. The number of amides is 2. The number of nitrogens with zero attached hydrogens (tertiary/aromatic N) is 1. The van der Waals surface area contributed by atoms with Gasteiger partial charge in [-0.1, -0.05) is 6.07 Å². The molecule has 19 heavy (non-hydrogen) atoms. The average molecular weight is 264 g/mol. The van der Waals surface area contributed by atoms with Crippen LogP contribution in [-0.2, 0) is 0 Å². The highest BCUT2D eigenvalue weighted by Gasteiger charge is 2.16. The minimum absolute atomic E-state index is 0.0635. The molecule has 1 rings (SSSR count). The minimum Gasteiger partial charge on any atom is -0.497 e. The van der Waals surface area contributed by atoms with Gasteiger partial charge in [-0.15, -0.1) is 0 Å². The van der Waals surface area contributed by atoms with Crippen LogP contribution in [0.2, 0.25) is 0 Å². The van der Waals surface area contributed by atoms with Gasteiger partial charge in [0, 0.05) is 31.3 Å². The zero-order chi connectivity index (χ0) is 14.4. The van der Waals surface area contributed by atoms with Gasteiger partial charge in [0.2, 0.25) is 0 Å². The summed E-state index contributed by atoms with van der Waals surface area (Å²) in [5.41, 5.74) is 5.99. The summed E-state index contributed by atoms with van der Waals surface area (Å²) in [5.74, 6) is 0.741. The Hall–Kier alpha value is -2.24. The summed E-state index contributed by atoms with van der Waals surface area (Å²) in [6, 6.07) is 6.74. The van der Waals surface area contributed by atoms with E-state index in [1.807, 2.05) is 6.92 Å². The quantitative estimate of drug-likeness (QED) is 0.560. The van der Waals surface area contributed by atoms with Gasteiger partial charge in [-0.2, -0.15) is 0 Å². The van der Waals surface area contributed by atoms with Crippen molar-refractivity contribution in [2.24, 2.45) is 5.73 Å². The van der Waals surface area contributed by atoms with Gasteiger partial charge in [-0.25, -0.2) is 4.79 Å². The van der Waals surface area contributed by atoms with E-state index in [0.717, 1.165) is 0 Å². The minimum atomic E-state index is -0.248. The molecule has 0 aromatic heterocycles. The number of carbonyl (C=O) groups excluding carboxylic acids is 1. The zero-order valence-corrected chi connectivity index (χ0v) is 11.4. The van der Waals surface area contributed by atoms with Gasteiger partial charge in [-0.05, 0) is 19.1 Å². The maximum absolute atomic E-state index is 12.0. The zero-order valence-electron chi connectivity index (χ0n) is 11.4. The van der Waals surface area contributed by atoms with Crippen molar-refractivity contribution in [1.29, 1.82) is 5.41 Å². The number of methoxy groups -OCH3 is 1. The number of carbonyl (C=O) groups is 1. The third-order valence-electron chi connectivity index (χ3n) is 2.82. The standard InChI is InChI=1S/C13H20N4O2/c1-9(7-12(14)15)17(2)13(18)16-10-5-4-6-11(8-10)19-3/h4-6,8-9H,7H2,1-3H3,(H3,14,15)(H,16,18). The van der Waals surface area contributed by atoms with Gasteiger partial charge in [0.1, 0.15) is 5.75 Å². The Morgan fingerprint density at radius 1 is 1.58 bits per heavy atom. The molecule has 0 aliphatic rings. The topological polar surface area (TPSA) is 91.4 Å². The molecule has 1 atom stereocenters. The van der Waals surface area contributed by atoms with Crippen LogP contribution in [0.5, 0.6) is 5.75 Å². The Bertz CT molecular complexity index is 462. The van der Waals surface area contributed by atoms with Crippen LogP contribution in [0.25, 0.3) is 0 Å². The average Bonchev–Trinajstić information content (AvgIpc) is 2.37. The highest BCUT2D eigenvalue weighted by molar-refractivity contribution is 5.90. The van der Waals surface area contributed by atoms with Crippen molar-refractivity contribution >= 4 is 17.6 Å². The number of amidine groups is 1. The lowest BCUT2D eigenvalue weighted by molar-refractivity contribution is 0.209. The summed E-state index contributed by atoms with van der Waals surface area (Å²) < 4.78 is 5.09. The summed E-state index contributed by atoms with van der Waals surface area (Å²) in [7, 11) is 3.24. The second kappa shape index (κ2) is 6.63. The lowest BCUT2D eigenvalue weighted by Gasteiger charge is -2.24. The van der Waals surface area contributed by atoms with E-state index in [4.69, 9.17) is 15.9 Å². The fourth-order valence-electron chi connectivity index (χ4n) is 1.57. The Balaban J connectivity index is 2.65. The molecule has 0 spiro atoms. The third kappa shape index (κ3) is 4.50. The van der Waals surface area contributed by atoms with E-state index < -0.39 is 0 Å². The SMILES string of the molecule is COc1cccc(NC(=O)N(C)C(C)CC(=N)N)c1. The van der Waals surface area contributed by atoms with Gasteiger partial charge < -0.3 is 20.7 Å². The summed E-state index contributed by atoms with van der Waals surface area (Å²) in [5, 5.41) is 10.0. The van der Waals surface area contributed by atoms with Crippen LogP contribution in [-0.4, -0.2) is 37.0 Å². The predicted molar refractivity (Wildman–Crippen MR) is 75.8 cm³/mol. The van der Waals surface area contributed by atoms with Gasteiger partial charge in [-0.3, -0.25) is 5.41 Å². The molecule has 0 bridgehead atoms. The van der Waals surface area contributed by atoms with E-state index >= 15 is 0 Å². The van der Waals surface area contributed by atoms with Crippen LogP contribution >= 0.6 is 0 Å². The number of hydrogen-bond donors (Lipinski definition) is 3. The van der Waals surface area contributed by atoms with Crippen molar-refractivity contribution in [2.75, 3.05) is 19.5 Å². The third-order valence-corrected chi connectivity index (χ3v) is 2.82. The van der Waals surface area contributed by atoms with Crippen LogP contribution < -0.4 is 15.8 Å². The Morgan fingerprint density at radius 2 is 2.26 bits per heavy atom. The molecule has 0 radical (unpaired) electrons. The number of ether oxygens (including phenoxy) is 1. The van der Waals surface area contributed by atoms with Gasteiger partial charge in [0.15, 0.2) is 0 Å². The van der Waals surface area contributed by atoms with Crippen LogP contribution in [0.15, 0.2) is 24.3 Å². The normalized spacial score (nSPS) is 11.5. The first-order valence-electron chi connectivity index (χ1n) is 5.94. The molecule has 0 aliphatic heterocycles. The number of nitrogens with one attached hydrogen (secondary N) is 2. The first kappa shape index (κ1) is 14.8. The Kier molecular flexibility index (Phi) is 5.17. The highest BCUT2D eigenvalue weighted by atomic mass is 16.5. The second-order valence-electron chi connectivity index (χ2n) is 4.35. The molecule has 2 amide bonds. The number of benzene rings is 1. The lowest BCUT2D eigenvalue weighted by atomic mass is 10.2. The van der Waals surface area contributed by atoms with Gasteiger partial charge in [0.05, 0.1) is 12.9 Å². The van der Waals surface area contributed by atoms with Crippen LogP contribution in [0.4, 0.5) is 10.5 Å². The molecule has 0 heterocycles. The molecule has 4 N–H and O–H groups in total. The number of nitrogens with two attached hydrogens (primary N) is 1. The highest BCUT2D eigenvalue weighted by Crippen LogP contribution is 2.17. The lowest BCUT2D eigenvalue weighted by Crippen LogP contribution is -2.40. The molecule has 6 nitrogen and oxygen atoms in total. The number of rotatable bonds is 5. The smallest absolute Gasteiger partial charge is 0.321 e. The largest absolute Gasteiger partial charge is 0.497 e. The maximum Gasteiger partial charge on any atom is 0.321 e. The van der Waals surface area contributed by atoms with Crippen molar-refractivity contribution in [3.05, 3.63) is 24.3 Å². The van der Waals surface area contributed by atoms with Crippen LogP contribution in [0.3, 0.4) is 0 Å². The molecule has 0 saturated carbocycles. The predicted octanol–water partition coefficient (Wildman–Crippen LogP) is 1.87. The first-order chi connectivity index (χ1) is 8.93. The van der Waals surface area contributed by atoms with E-state index in [9.17, 15) is 4.79 Å². The number of hydrogen-bond acceptors (Lipinski definition) is 3. The van der Waals surface area contributed by atoms with E-state index in [0.29, 0.717) is 17.9 Å². The molecule has 0 saturated heterocycles. The van der Waals surface area contributed by atoms with Crippen molar-refractivity contribution in [3.8, 4) is 5.75 Å². The molecule has 1 aromatic rings. The molecular weight excluding hydrogens is 244 g/mol. The van der Waals surface area contributed by atoms with Crippen LogP contribution in [0.1, 0.15) is 13.3 Å². The van der Waals surface area contributed by atoms with Crippen molar-refractivity contribution in [3.63, 3.8) is 0 Å². The van der Waals surface area contributed by atoms with Crippen LogP contribution in [0, 0.1) is 5.41 Å². The van der Waals surface area contributed by atoms with E-state index in [2.05, 4.69) is 5.32 Å². The molecule has 1 aromatic carbocycles. The fourth-order valence-corrected chi connectivity index (χ4v) is 1.57. The van der Waals surface area contributed by atoms with Gasteiger partial charge in [0.25, 0.3) is 0 Å². The van der Waals surface area contributed by atoms with E-state index in [-0.39, 0.29) is 17.9 Å². The van der Waals surface area contributed by atoms with E-state index in [1.165, 1.54) is 4.90 Å².